The zero-order chi connectivity index (χ0) is 13.1. The van der Waals surface area contributed by atoms with Gasteiger partial charge in [-0.05, 0) is 11.8 Å². The number of nitrogens with one attached hydrogen (secondary N) is 1. The topological polar surface area (TPSA) is 89.9 Å². The SMILES string of the molecule is CC1(C)CCN(C(=O)NCC[C@H](O)C(=O)O)C1. The molecule has 2 amide bonds. The highest BCUT2D eigenvalue weighted by atomic mass is 16.4. The van der Waals surface area contributed by atoms with E-state index in [9.17, 15) is 9.59 Å². The summed E-state index contributed by atoms with van der Waals surface area (Å²) in [5.74, 6) is -1.26. The second-order valence-corrected chi connectivity index (χ2v) is 5.21. The molecule has 1 fully saturated rings. The minimum atomic E-state index is -1.41. The van der Waals surface area contributed by atoms with E-state index in [0.717, 1.165) is 13.0 Å². The van der Waals surface area contributed by atoms with Crippen molar-refractivity contribution in [2.24, 2.45) is 5.41 Å². The second kappa shape index (κ2) is 5.35. The highest BCUT2D eigenvalue weighted by molar-refractivity contribution is 5.75. The number of carboxylic acids is 1. The fraction of sp³-hybridized carbons (Fsp3) is 0.818. The van der Waals surface area contributed by atoms with Crippen molar-refractivity contribution in [3.63, 3.8) is 0 Å². The largest absolute Gasteiger partial charge is 0.479 e. The average Bonchev–Trinajstić information content (AvgIpc) is 2.58. The predicted octanol–water partition coefficient (Wildman–Crippen LogP) is 0.263. The normalized spacial score (nSPS) is 20.1. The molecule has 0 aromatic heterocycles. The van der Waals surface area contributed by atoms with Crippen LogP contribution in [0.3, 0.4) is 0 Å². The van der Waals surface area contributed by atoms with Crippen molar-refractivity contribution in [2.75, 3.05) is 19.6 Å². The van der Waals surface area contributed by atoms with E-state index in [4.69, 9.17) is 10.2 Å². The Morgan fingerprint density at radius 3 is 2.59 bits per heavy atom. The Bertz CT molecular complexity index is 304. The van der Waals surface area contributed by atoms with Gasteiger partial charge in [-0.15, -0.1) is 0 Å². The molecule has 1 aliphatic heterocycles. The summed E-state index contributed by atoms with van der Waals surface area (Å²) in [5.41, 5.74) is 0.151. The van der Waals surface area contributed by atoms with E-state index in [1.807, 2.05) is 0 Å². The fourth-order valence-electron chi connectivity index (χ4n) is 1.84. The van der Waals surface area contributed by atoms with E-state index >= 15 is 0 Å². The molecule has 6 heteroatoms. The Hall–Kier alpha value is -1.30. The Labute approximate surface area is 101 Å². The Morgan fingerprint density at radius 2 is 2.12 bits per heavy atom. The Kier molecular flexibility index (Phi) is 4.34. The van der Waals surface area contributed by atoms with Crippen molar-refractivity contribution in [1.82, 2.24) is 10.2 Å². The summed E-state index contributed by atoms with van der Waals surface area (Å²) in [5, 5.41) is 20.1. The van der Waals surface area contributed by atoms with Gasteiger partial charge in [0.15, 0.2) is 6.10 Å². The van der Waals surface area contributed by atoms with Gasteiger partial charge in [-0.1, -0.05) is 13.8 Å². The minimum Gasteiger partial charge on any atom is -0.479 e. The number of hydrogen-bond acceptors (Lipinski definition) is 3. The molecule has 0 aromatic rings. The molecule has 17 heavy (non-hydrogen) atoms. The zero-order valence-corrected chi connectivity index (χ0v) is 10.3. The number of carboxylic acid groups (broad SMARTS) is 1. The number of nitrogens with zero attached hydrogens (tertiary/aromatic N) is 1. The Morgan fingerprint density at radius 1 is 1.47 bits per heavy atom. The molecule has 1 rings (SSSR count). The first-order valence-corrected chi connectivity index (χ1v) is 5.75. The number of aliphatic hydroxyl groups is 1. The molecular weight excluding hydrogens is 224 g/mol. The number of likely N-dealkylation sites (tertiary alicyclic amines) is 1. The van der Waals surface area contributed by atoms with Gasteiger partial charge in [-0.3, -0.25) is 0 Å². The maximum Gasteiger partial charge on any atom is 0.332 e. The predicted molar refractivity (Wildman–Crippen MR) is 61.6 cm³/mol. The van der Waals surface area contributed by atoms with E-state index in [0.29, 0.717) is 6.54 Å². The molecule has 0 saturated carbocycles. The minimum absolute atomic E-state index is 0.0261. The first-order chi connectivity index (χ1) is 7.82. The van der Waals surface area contributed by atoms with Gasteiger partial charge in [0.2, 0.25) is 0 Å². The van der Waals surface area contributed by atoms with Gasteiger partial charge in [0.1, 0.15) is 0 Å². The van der Waals surface area contributed by atoms with Crippen LogP contribution >= 0.6 is 0 Å². The van der Waals surface area contributed by atoms with Crippen LogP contribution in [0.15, 0.2) is 0 Å². The van der Waals surface area contributed by atoms with Crippen LogP contribution in [-0.4, -0.2) is 52.9 Å². The van der Waals surface area contributed by atoms with Gasteiger partial charge in [0.25, 0.3) is 0 Å². The number of carbonyl (C=O) groups is 2. The summed E-state index contributed by atoms with van der Waals surface area (Å²) in [6.45, 7) is 5.81. The monoisotopic (exact) mass is 244 g/mol. The van der Waals surface area contributed by atoms with Crippen LogP contribution < -0.4 is 5.32 Å². The van der Waals surface area contributed by atoms with Crippen LogP contribution in [0.25, 0.3) is 0 Å². The smallest absolute Gasteiger partial charge is 0.332 e. The molecule has 6 nitrogen and oxygen atoms in total. The van der Waals surface area contributed by atoms with Gasteiger partial charge in [0, 0.05) is 26.1 Å². The van der Waals surface area contributed by atoms with Crippen LogP contribution in [0.5, 0.6) is 0 Å². The van der Waals surface area contributed by atoms with Gasteiger partial charge >= 0.3 is 12.0 Å². The highest BCUT2D eigenvalue weighted by Crippen LogP contribution is 2.28. The molecule has 0 bridgehead atoms. The fourth-order valence-corrected chi connectivity index (χ4v) is 1.84. The molecule has 0 radical (unpaired) electrons. The van der Waals surface area contributed by atoms with Crippen LogP contribution in [-0.2, 0) is 4.79 Å². The van der Waals surface area contributed by atoms with E-state index in [1.54, 1.807) is 4.90 Å². The third kappa shape index (κ3) is 4.22. The summed E-state index contributed by atoms with van der Waals surface area (Å²) in [6, 6.07) is -0.187. The molecule has 3 N–H and O–H groups in total. The second-order valence-electron chi connectivity index (χ2n) is 5.21. The molecule has 1 heterocycles. The molecule has 1 saturated heterocycles. The number of hydrogen-bond donors (Lipinski definition) is 3. The van der Waals surface area contributed by atoms with Gasteiger partial charge < -0.3 is 20.4 Å². The van der Waals surface area contributed by atoms with Gasteiger partial charge in [-0.25, -0.2) is 9.59 Å². The van der Waals surface area contributed by atoms with Crippen LogP contribution in [0.4, 0.5) is 4.79 Å². The molecule has 0 aromatic carbocycles. The number of aliphatic carboxylic acids is 1. The van der Waals surface area contributed by atoms with Crippen molar-refractivity contribution in [1.29, 1.82) is 0 Å². The number of amides is 2. The summed E-state index contributed by atoms with van der Waals surface area (Å²) >= 11 is 0. The Balaban J connectivity index is 2.25. The van der Waals surface area contributed by atoms with Crippen LogP contribution in [0.1, 0.15) is 26.7 Å². The number of carbonyl (C=O) groups excluding carboxylic acids is 1. The van der Waals surface area contributed by atoms with Crippen molar-refractivity contribution >= 4 is 12.0 Å². The van der Waals surface area contributed by atoms with Crippen molar-refractivity contribution in [3.8, 4) is 0 Å². The van der Waals surface area contributed by atoms with E-state index in [2.05, 4.69) is 19.2 Å². The summed E-state index contributed by atoms with van der Waals surface area (Å²) < 4.78 is 0. The highest BCUT2D eigenvalue weighted by Gasteiger charge is 2.31. The molecule has 1 atom stereocenters. The van der Waals surface area contributed by atoms with E-state index in [1.165, 1.54) is 0 Å². The number of rotatable bonds is 4. The van der Waals surface area contributed by atoms with Gasteiger partial charge in [0.05, 0.1) is 0 Å². The van der Waals surface area contributed by atoms with Crippen molar-refractivity contribution in [3.05, 3.63) is 0 Å². The lowest BCUT2D eigenvalue weighted by molar-refractivity contribution is -0.146. The van der Waals surface area contributed by atoms with E-state index < -0.39 is 12.1 Å². The lowest BCUT2D eigenvalue weighted by atomic mass is 9.93. The molecular formula is C11H20N2O4. The summed E-state index contributed by atoms with van der Waals surface area (Å²) in [4.78, 5) is 23.7. The first-order valence-electron chi connectivity index (χ1n) is 5.75. The maximum atomic E-state index is 11.7. The summed E-state index contributed by atoms with van der Waals surface area (Å²) in [7, 11) is 0. The lowest BCUT2D eigenvalue weighted by Gasteiger charge is -2.20. The van der Waals surface area contributed by atoms with Crippen molar-refractivity contribution in [2.45, 2.75) is 32.8 Å². The van der Waals surface area contributed by atoms with Crippen LogP contribution in [0.2, 0.25) is 0 Å². The third-order valence-electron chi connectivity index (χ3n) is 2.94. The quantitative estimate of drug-likeness (QED) is 0.662. The average molecular weight is 244 g/mol. The zero-order valence-electron chi connectivity index (χ0n) is 10.3. The molecule has 0 unspecified atom stereocenters. The van der Waals surface area contributed by atoms with Crippen molar-refractivity contribution < 1.29 is 19.8 Å². The molecule has 98 valence electrons. The molecule has 0 aliphatic carbocycles. The number of urea groups is 1. The van der Waals surface area contributed by atoms with E-state index in [-0.39, 0.29) is 24.4 Å². The summed E-state index contributed by atoms with van der Waals surface area (Å²) in [6.07, 6.45) is -0.415. The first kappa shape index (κ1) is 13.8. The third-order valence-corrected chi connectivity index (χ3v) is 2.94. The molecule has 1 aliphatic rings. The van der Waals surface area contributed by atoms with Gasteiger partial charge in [-0.2, -0.15) is 0 Å². The maximum absolute atomic E-state index is 11.7. The van der Waals surface area contributed by atoms with Crippen LogP contribution in [0, 0.1) is 5.41 Å². The lowest BCUT2D eigenvalue weighted by Crippen LogP contribution is -2.40. The number of aliphatic hydroxyl groups excluding tert-OH is 1. The molecule has 0 spiro atoms. The standard InChI is InChI=1S/C11H20N2O4/c1-11(2)4-6-13(7-11)10(17)12-5-3-8(14)9(15)16/h8,14H,3-7H2,1-2H3,(H,12,17)(H,15,16)/t8-/m0/s1.